The first-order chi connectivity index (χ1) is 13.7. The van der Waals surface area contributed by atoms with Crippen LogP contribution in [0, 0.1) is 5.82 Å². The number of rotatable bonds is 4. The molecule has 144 valence electrons. The van der Waals surface area contributed by atoms with Gasteiger partial charge < -0.3 is 14.2 Å². The fraction of sp³-hybridized carbons (Fsp3) is 0.286. The average Bonchev–Trinajstić information content (AvgIpc) is 3.24. The SMILES string of the molecule is COc1ccccc1-c1nc([C@@H]2CCCN(C(=O)c3ccccc3F)C2)no1. The maximum absolute atomic E-state index is 14.0. The first-order valence-corrected chi connectivity index (χ1v) is 9.18. The number of carbonyl (C=O) groups excluding carboxylic acids is 1. The molecule has 0 aliphatic carbocycles. The molecule has 1 atom stereocenters. The second-order valence-electron chi connectivity index (χ2n) is 6.73. The predicted molar refractivity (Wildman–Crippen MR) is 101 cm³/mol. The van der Waals surface area contributed by atoms with Gasteiger partial charge in [-0.1, -0.05) is 29.4 Å². The number of para-hydroxylation sites is 1. The molecule has 1 aliphatic rings. The predicted octanol–water partition coefficient (Wildman–Crippen LogP) is 3.90. The van der Waals surface area contributed by atoms with Gasteiger partial charge in [-0.2, -0.15) is 4.98 Å². The highest BCUT2D eigenvalue weighted by Crippen LogP contribution is 2.31. The number of piperidine rings is 1. The van der Waals surface area contributed by atoms with Crippen LogP contribution in [0.15, 0.2) is 53.1 Å². The first-order valence-electron chi connectivity index (χ1n) is 9.18. The van der Waals surface area contributed by atoms with Gasteiger partial charge in [-0.3, -0.25) is 4.79 Å². The number of hydrogen-bond donors (Lipinski definition) is 0. The first kappa shape index (κ1) is 18.2. The summed E-state index contributed by atoms with van der Waals surface area (Å²) in [4.78, 5) is 18.9. The Kier molecular flexibility index (Phi) is 5.06. The van der Waals surface area contributed by atoms with E-state index in [-0.39, 0.29) is 17.4 Å². The van der Waals surface area contributed by atoms with E-state index < -0.39 is 5.82 Å². The molecule has 1 aromatic heterocycles. The van der Waals surface area contributed by atoms with Gasteiger partial charge >= 0.3 is 0 Å². The third-order valence-electron chi connectivity index (χ3n) is 4.96. The Morgan fingerprint density at radius 3 is 2.82 bits per heavy atom. The van der Waals surface area contributed by atoms with Crippen molar-refractivity contribution in [1.29, 1.82) is 0 Å². The lowest BCUT2D eigenvalue weighted by atomic mass is 9.96. The number of benzene rings is 2. The molecule has 2 heterocycles. The zero-order valence-corrected chi connectivity index (χ0v) is 15.5. The molecular weight excluding hydrogens is 361 g/mol. The summed E-state index contributed by atoms with van der Waals surface area (Å²) < 4.78 is 24.8. The van der Waals surface area contributed by atoms with Gasteiger partial charge in [0.25, 0.3) is 11.8 Å². The molecule has 1 amide bonds. The highest BCUT2D eigenvalue weighted by Gasteiger charge is 2.30. The number of amides is 1. The third-order valence-corrected chi connectivity index (χ3v) is 4.96. The molecule has 0 saturated carbocycles. The summed E-state index contributed by atoms with van der Waals surface area (Å²) in [5.41, 5.74) is 0.810. The van der Waals surface area contributed by atoms with Crippen molar-refractivity contribution < 1.29 is 18.4 Å². The molecule has 0 unspecified atom stereocenters. The van der Waals surface area contributed by atoms with Crippen LogP contribution in [0.4, 0.5) is 4.39 Å². The van der Waals surface area contributed by atoms with Crippen LogP contribution in [0.3, 0.4) is 0 Å². The van der Waals surface area contributed by atoms with E-state index in [0.29, 0.717) is 30.6 Å². The van der Waals surface area contributed by atoms with Crippen molar-refractivity contribution >= 4 is 5.91 Å². The Morgan fingerprint density at radius 1 is 1.21 bits per heavy atom. The van der Waals surface area contributed by atoms with Gasteiger partial charge in [-0.25, -0.2) is 4.39 Å². The Balaban J connectivity index is 1.54. The molecule has 4 rings (SSSR count). The average molecular weight is 381 g/mol. The zero-order chi connectivity index (χ0) is 19.5. The van der Waals surface area contributed by atoms with Crippen LogP contribution in [0.25, 0.3) is 11.5 Å². The Morgan fingerprint density at radius 2 is 2.00 bits per heavy atom. The Hall–Kier alpha value is -3.22. The summed E-state index contributed by atoms with van der Waals surface area (Å²) in [7, 11) is 1.59. The van der Waals surface area contributed by atoms with Gasteiger partial charge in [0.2, 0.25) is 0 Å². The fourth-order valence-corrected chi connectivity index (χ4v) is 3.51. The van der Waals surface area contributed by atoms with Gasteiger partial charge in [0.1, 0.15) is 11.6 Å². The molecule has 1 saturated heterocycles. The number of aromatic nitrogens is 2. The van der Waals surface area contributed by atoms with Crippen molar-refractivity contribution in [2.45, 2.75) is 18.8 Å². The van der Waals surface area contributed by atoms with Gasteiger partial charge in [0.15, 0.2) is 5.82 Å². The van der Waals surface area contributed by atoms with Crippen molar-refractivity contribution in [3.8, 4) is 17.2 Å². The van der Waals surface area contributed by atoms with Gasteiger partial charge in [-0.05, 0) is 37.1 Å². The highest BCUT2D eigenvalue weighted by molar-refractivity contribution is 5.94. The van der Waals surface area contributed by atoms with Crippen molar-refractivity contribution in [2.75, 3.05) is 20.2 Å². The number of carbonyl (C=O) groups is 1. The van der Waals surface area contributed by atoms with E-state index in [9.17, 15) is 9.18 Å². The lowest BCUT2D eigenvalue weighted by molar-refractivity contribution is 0.0699. The standard InChI is InChI=1S/C21H20FN3O3/c1-27-18-11-5-3-9-16(18)20-23-19(24-28-20)14-7-6-12-25(13-14)21(26)15-8-2-4-10-17(15)22/h2-5,8-11,14H,6-7,12-13H2,1H3/t14-/m1/s1. The molecule has 1 aliphatic heterocycles. The van der Waals surface area contributed by atoms with Crippen LogP contribution in [0.5, 0.6) is 5.75 Å². The second-order valence-corrected chi connectivity index (χ2v) is 6.73. The van der Waals surface area contributed by atoms with E-state index >= 15 is 0 Å². The molecule has 0 bridgehead atoms. The smallest absolute Gasteiger partial charge is 0.261 e. The van der Waals surface area contributed by atoms with Crippen molar-refractivity contribution in [3.63, 3.8) is 0 Å². The van der Waals surface area contributed by atoms with E-state index in [4.69, 9.17) is 9.26 Å². The Bertz CT molecular complexity index is 988. The quantitative estimate of drug-likeness (QED) is 0.686. The van der Waals surface area contributed by atoms with Crippen molar-refractivity contribution in [3.05, 3.63) is 65.7 Å². The van der Waals surface area contributed by atoms with Crippen LogP contribution < -0.4 is 4.74 Å². The molecule has 2 aromatic carbocycles. The summed E-state index contributed by atoms with van der Waals surface area (Å²) in [6.45, 7) is 1.01. The lowest BCUT2D eigenvalue weighted by Crippen LogP contribution is -2.39. The molecule has 3 aromatic rings. The zero-order valence-electron chi connectivity index (χ0n) is 15.5. The molecule has 0 N–H and O–H groups in total. The highest BCUT2D eigenvalue weighted by atomic mass is 19.1. The molecule has 0 radical (unpaired) electrons. The van der Waals surface area contributed by atoms with E-state index in [0.717, 1.165) is 18.4 Å². The summed E-state index contributed by atoms with van der Waals surface area (Å²) in [5, 5.41) is 4.12. The van der Waals surface area contributed by atoms with Crippen LogP contribution in [0.2, 0.25) is 0 Å². The molecular formula is C21H20FN3O3. The number of methoxy groups -OCH3 is 1. The van der Waals surface area contributed by atoms with E-state index in [1.807, 2.05) is 24.3 Å². The second kappa shape index (κ2) is 7.80. The summed E-state index contributed by atoms with van der Waals surface area (Å²) in [6, 6.07) is 13.5. The minimum Gasteiger partial charge on any atom is -0.496 e. The van der Waals surface area contributed by atoms with E-state index in [1.165, 1.54) is 12.1 Å². The molecule has 6 nitrogen and oxygen atoms in total. The minimum atomic E-state index is -0.507. The molecule has 7 heteroatoms. The Labute approximate surface area is 161 Å². The molecule has 0 spiro atoms. The van der Waals surface area contributed by atoms with E-state index in [1.54, 1.807) is 24.1 Å². The summed E-state index contributed by atoms with van der Waals surface area (Å²) >= 11 is 0. The number of nitrogens with zero attached hydrogens (tertiary/aromatic N) is 3. The largest absolute Gasteiger partial charge is 0.496 e. The van der Waals surface area contributed by atoms with Crippen LogP contribution in [-0.2, 0) is 0 Å². The van der Waals surface area contributed by atoms with Gasteiger partial charge in [0.05, 0.1) is 18.2 Å². The number of halogens is 1. The maximum Gasteiger partial charge on any atom is 0.261 e. The normalized spacial score (nSPS) is 16.8. The number of hydrogen-bond acceptors (Lipinski definition) is 5. The summed E-state index contributed by atoms with van der Waals surface area (Å²) in [6.07, 6.45) is 1.63. The minimum absolute atomic E-state index is 0.0586. The van der Waals surface area contributed by atoms with Gasteiger partial charge in [0, 0.05) is 19.0 Å². The molecule has 28 heavy (non-hydrogen) atoms. The van der Waals surface area contributed by atoms with Gasteiger partial charge in [-0.15, -0.1) is 0 Å². The van der Waals surface area contributed by atoms with Crippen LogP contribution >= 0.6 is 0 Å². The van der Waals surface area contributed by atoms with Crippen LogP contribution in [-0.4, -0.2) is 41.1 Å². The number of ether oxygens (including phenoxy) is 1. The van der Waals surface area contributed by atoms with E-state index in [2.05, 4.69) is 10.1 Å². The van der Waals surface area contributed by atoms with Crippen molar-refractivity contribution in [1.82, 2.24) is 15.0 Å². The lowest BCUT2D eigenvalue weighted by Gasteiger charge is -2.31. The topological polar surface area (TPSA) is 68.5 Å². The maximum atomic E-state index is 14.0. The molecule has 1 fully saturated rings. The monoisotopic (exact) mass is 381 g/mol. The summed E-state index contributed by atoms with van der Waals surface area (Å²) in [5.74, 6) is 0.704. The fourth-order valence-electron chi connectivity index (χ4n) is 3.51. The third kappa shape index (κ3) is 3.47. The van der Waals surface area contributed by atoms with Crippen molar-refractivity contribution in [2.24, 2.45) is 0 Å². The number of likely N-dealkylation sites (tertiary alicyclic amines) is 1. The van der Waals surface area contributed by atoms with Crippen LogP contribution in [0.1, 0.15) is 34.9 Å².